The highest BCUT2D eigenvalue weighted by atomic mass is 16.6. The molecular weight excluding hydrogens is 398 g/mol. The van der Waals surface area contributed by atoms with Gasteiger partial charge in [-0.05, 0) is 44.8 Å². The molecule has 3 N–H and O–H groups in total. The molecule has 1 aromatic carbocycles. The minimum Gasteiger partial charge on any atom is -0.508 e. The van der Waals surface area contributed by atoms with Gasteiger partial charge in [-0.25, -0.2) is 9.78 Å². The van der Waals surface area contributed by atoms with Crippen molar-refractivity contribution < 1.29 is 24.9 Å². The van der Waals surface area contributed by atoms with Crippen LogP contribution in [0.1, 0.15) is 30.0 Å². The van der Waals surface area contributed by atoms with Crippen LogP contribution in [0.2, 0.25) is 0 Å². The molecule has 4 aromatic rings. The van der Waals surface area contributed by atoms with Crippen LogP contribution in [0.4, 0.5) is 0 Å². The topological polar surface area (TPSA) is 108 Å². The lowest BCUT2D eigenvalue weighted by Crippen LogP contribution is -2.41. The van der Waals surface area contributed by atoms with Crippen molar-refractivity contribution in [1.29, 1.82) is 0 Å². The number of carbonyl (C=O) groups excluding carboxylic acids is 1. The molecule has 3 aromatic heterocycles. The van der Waals surface area contributed by atoms with Crippen LogP contribution in [-0.4, -0.2) is 49.7 Å². The summed E-state index contributed by atoms with van der Waals surface area (Å²) in [5.41, 5.74) is 1.60. The molecule has 0 spiro atoms. The summed E-state index contributed by atoms with van der Waals surface area (Å²) in [5.74, 6) is -0.609. The third kappa shape index (κ3) is 2.68. The van der Waals surface area contributed by atoms with Gasteiger partial charge < -0.3 is 25.0 Å². The van der Waals surface area contributed by atoms with Gasteiger partial charge in [-0.2, -0.15) is 0 Å². The molecule has 4 heterocycles. The number of hydrogen-bond donors (Lipinski definition) is 3. The summed E-state index contributed by atoms with van der Waals surface area (Å²) >= 11 is 0. The van der Waals surface area contributed by atoms with Gasteiger partial charge in [0.2, 0.25) is 5.88 Å². The quantitative estimate of drug-likeness (QED) is 0.437. The maximum absolute atomic E-state index is 12.3. The molecule has 0 radical (unpaired) electrons. The first-order chi connectivity index (χ1) is 14.7. The largest absolute Gasteiger partial charge is 0.508 e. The Morgan fingerprint density at radius 1 is 1.26 bits per heavy atom. The highest BCUT2D eigenvalue weighted by Gasteiger charge is 2.44. The van der Waals surface area contributed by atoms with E-state index in [1.807, 2.05) is 25.1 Å². The molecule has 31 heavy (non-hydrogen) atoms. The number of carbonyl (C=O) groups is 1. The molecule has 0 fully saturated rings. The fraction of sp³-hybridized carbons (Fsp3) is 0.304. The fourth-order valence-electron chi connectivity index (χ4n) is 4.43. The molecule has 0 saturated carbocycles. The first-order valence-electron chi connectivity index (χ1n) is 10.1. The molecular formula is C23H23N3O5. The van der Waals surface area contributed by atoms with Crippen molar-refractivity contribution in [2.75, 3.05) is 14.1 Å². The number of aliphatic hydroxyl groups is 1. The Hall–Kier alpha value is -3.36. The van der Waals surface area contributed by atoms with Crippen LogP contribution in [-0.2, 0) is 28.3 Å². The molecule has 0 amide bonds. The maximum Gasteiger partial charge on any atom is 0.343 e. The van der Waals surface area contributed by atoms with E-state index in [-0.39, 0.29) is 24.7 Å². The van der Waals surface area contributed by atoms with E-state index in [0.717, 1.165) is 16.3 Å². The standard InChI is InChI=1S/C23H23N3O5/c1-4-23(30)16-8-18-20-12(9-26(18)21(28)15(16)11-31-22(23)29)7-13-14(10-25(2)3)19(27)6-5-17(13)24-20/h5-9,27-28,30H,4,10-11H2,1-3H3/t23-/m0/s1. The molecule has 0 unspecified atom stereocenters. The summed E-state index contributed by atoms with van der Waals surface area (Å²) in [6.07, 6.45) is 1.88. The van der Waals surface area contributed by atoms with E-state index < -0.39 is 11.6 Å². The highest BCUT2D eigenvalue weighted by molar-refractivity contribution is 6.03. The second kappa shape index (κ2) is 6.57. The number of hydrogen-bond acceptors (Lipinski definition) is 7. The van der Waals surface area contributed by atoms with Gasteiger partial charge in [0.15, 0.2) is 5.60 Å². The Balaban J connectivity index is 1.85. The Kier molecular flexibility index (Phi) is 4.15. The van der Waals surface area contributed by atoms with Gasteiger partial charge in [-0.3, -0.25) is 4.40 Å². The monoisotopic (exact) mass is 421 g/mol. The van der Waals surface area contributed by atoms with Crippen molar-refractivity contribution in [2.45, 2.75) is 32.1 Å². The van der Waals surface area contributed by atoms with Gasteiger partial charge in [0, 0.05) is 34.6 Å². The highest BCUT2D eigenvalue weighted by Crippen LogP contribution is 2.41. The summed E-state index contributed by atoms with van der Waals surface area (Å²) in [4.78, 5) is 19.1. The zero-order valence-corrected chi connectivity index (χ0v) is 17.5. The summed E-state index contributed by atoms with van der Waals surface area (Å²) in [7, 11) is 3.86. The van der Waals surface area contributed by atoms with Crippen LogP contribution in [0.3, 0.4) is 0 Å². The number of nitrogens with zero attached hydrogens (tertiary/aromatic N) is 3. The number of cyclic esters (lactones) is 1. The van der Waals surface area contributed by atoms with Crippen LogP contribution in [0.15, 0.2) is 30.5 Å². The number of ether oxygens (including phenoxy) is 1. The lowest BCUT2D eigenvalue weighted by molar-refractivity contribution is -0.172. The zero-order chi connectivity index (χ0) is 22.1. The van der Waals surface area contributed by atoms with Crippen LogP contribution in [0.5, 0.6) is 11.6 Å². The molecule has 8 nitrogen and oxygen atoms in total. The van der Waals surface area contributed by atoms with E-state index in [4.69, 9.17) is 9.72 Å². The minimum atomic E-state index is -1.81. The van der Waals surface area contributed by atoms with Crippen molar-refractivity contribution in [3.63, 3.8) is 0 Å². The lowest BCUT2D eigenvalue weighted by atomic mass is 9.86. The number of esters is 1. The molecule has 1 atom stereocenters. The Morgan fingerprint density at radius 2 is 2.03 bits per heavy atom. The second-order valence-corrected chi connectivity index (χ2v) is 8.33. The van der Waals surface area contributed by atoms with E-state index in [9.17, 15) is 20.1 Å². The molecule has 1 aliphatic heterocycles. The fourth-order valence-corrected chi connectivity index (χ4v) is 4.43. The number of aromatic hydroxyl groups is 2. The number of benzene rings is 1. The lowest BCUT2D eigenvalue weighted by Gasteiger charge is -2.32. The normalized spacial score (nSPS) is 18.8. The Labute approximate surface area is 177 Å². The SMILES string of the molecule is CC[C@@]1(O)C(=O)OCc2c1cc1c3nc4ccc(O)c(CN(C)C)c4cc3cn1c2O. The molecule has 8 heteroatoms. The summed E-state index contributed by atoms with van der Waals surface area (Å²) < 4.78 is 6.73. The van der Waals surface area contributed by atoms with Crippen LogP contribution in [0, 0.1) is 0 Å². The first-order valence-corrected chi connectivity index (χ1v) is 10.1. The molecule has 0 bridgehead atoms. The van der Waals surface area contributed by atoms with Gasteiger partial charge in [-0.1, -0.05) is 6.92 Å². The molecule has 1 aliphatic rings. The van der Waals surface area contributed by atoms with E-state index in [1.54, 1.807) is 35.7 Å². The number of pyridine rings is 2. The predicted octanol–water partition coefficient (Wildman–Crippen LogP) is 2.77. The van der Waals surface area contributed by atoms with E-state index in [0.29, 0.717) is 34.2 Å². The number of fused-ring (bicyclic) bond motifs is 5. The summed E-state index contributed by atoms with van der Waals surface area (Å²) in [6, 6.07) is 7.03. The first kappa shape index (κ1) is 19.6. The summed E-state index contributed by atoms with van der Waals surface area (Å²) in [5, 5.41) is 33.9. The summed E-state index contributed by atoms with van der Waals surface area (Å²) in [6.45, 7) is 2.13. The second-order valence-electron chi connectivity index (χ2n) is 8.33. The van der Waals surface area contributed by atoms with Crippen LogP contribution >= 0.6 is 0 Å². The van der Waals surface area contributed by atoms with Crippen LogP contribution in [0.25, 0.3) is 27.3 Å². The van der Waals surface area contributed by atoms with Crippen molar-refractivity contribution in [2.24, 2.45) is 0 Å². The maximum atomic E-state index is 12.3. The van der Waals surface area contributed by atoms with Gasteiger partial charge >= 0.3 is 5.97 Å². The number of aromatic nitrogens is 2. The zero-order valence-electron chi connectivity index (χ0n) is 17.5. The molecule has 160 valence electrons. The van der Waals surface area contributed by atoms with Gasteiger partial charge in [0.05, 0.1) is 22.1 Å². The van der Waals surface area contributed by atoms with E-state index >= 15 is 0 Å². The average Bonchev–Trinajstić information content (AvgIpc) is 3.10. The number of rotatable bonds is 3. The smallest absolute Gasteiger partial charge is 0.343 e. The predicted molar refractivity (Wildman–Crippen MR) is 115 cm³/mol. The Bertz CT molecular complexity index is 1390. The van der Waals surface area contributed by atoms with Gasteiger partial charge in [0.1, 0.15) is 12.4 Å². The minimum absolute atomic E-state index is 0.0923. The van der Waals surface area contributed by atoms with Gasteiger partial charge in [0.25, 0.3) is 0 Å². The molecule has 5 rings (SSSR count). The van der Waals surface area contributed by atoms with Gasteiger partial charge in [-0.15, -0.1) is 0 Å². The van der Waals surface area contributed by atoms with Crippen molar-refractivity contribution in [3.05, 3.63) is 47.2 Å². The third-order valence-electron chi connectivity index (χ3n) is 6.11. The van der Waals surface area contributed by atoms with Crippen LogP contribution < -0.4 is 0 Å². The van der Waals surface area contributed by atoms with E-state index in [2.05, 4.69) is 0 Å². The number of phenols is 1. The van der Waals surface area contributed by atoms with Crippen molar-refractivity contribution in [1.82, 2.24) is 14.3 Å². The number of phenolic OH excluding ortho intramolecular Hbond substituents is 1. The van der Waals surface area contributed by atoms with Crippen molar-refractivity contribution in [3.8, 4) is 11.6 Å². The average molecular weight is 421 g/mol. The molecule has 0 saturated heterocycles. The van der Waals surface area contributed by atoms with E-state index in [1.165, 1.54) is 0 Å². The third-order valence-corrected chi connectivity index (χ3v) is 6.11. The molecule has 0 aliphatic carbocycles. The Morgan fingerprint density at radius 3 is 2.74 bits per heavy atom. The van der Waals surface area contributed by atoms with Crippen molar-refractivity contribution >= 4 is 33.3 Å².